The molecule has 1 aromatic carbocycles. The quantitative estimate of drug-likeness (QED) is 0.837. The lowest BCUT2D eigenvalue weighted by atomic mass is 10.0. The van der Waals surface area contributed by atoms with Crippen LogP contribution in [0.15, 0.2) is 24.3 Å². The van der Waals surface area contributed by atoms with E-state index in [4.69, 9.17) is 0 Å². The van der Waals surface area contributed by atoms with Gasteiger partial charge in [-0.05, 0) is 50.6 Å². The highest BCUT2D eigenvalue weighted by atomic mass is 16.2. The summed E-state index contributed by atoms with van der Waals surface area (Å²) in [7, 11) is 0. The first kappa shape index (κ1) is 18.5. The molecule has 0 bridgehead atoms. The van der Waals surface area contributed by atoms with E-state index in [0.717, 1.165) is 44.0 Å². The summed E-state index contributed by atoms with van der Waals surface area (Å²) in [6.45, 7) is 6.02. The summed E-state index contributed by atoms with van der Waals surface area (Å²) in [5.74, 6) is 1.01. The van der Waals surface area contributed by atoms with E-state index in [-0.39, 0.29) is 17.7 Å². The van der Waals surface area contributed by atoms with Crippen molar-refractivity contribution in [3.8, 4) is 0 Å². The first-order chi connectivity index (χ1) is 13.1. The molecule has 146 valence electrons. The lowest BCUT2D eigenvalue weighted by Crippen LogP contribution is -2.47. The van der Waals surface area contributed by atoms with Crippen LogP contribution in [0, 0.1) is 18.8 Å². The van der Waals surface area contributed by atoms with Crippen molar-refractivity contribution in [3.63, 3.8) is 0 Å². The molecule has 2 amide bonds. The van der Waals surface area contributed by atoms with Crippen LogP contribution in [0.3, 0.4) is 0 Å². The van der Waals surface area contributed by atoms with Crippen molar-refractivity contribution in [3.05, 3.63) is 35.4 Å². The van der Waals surface area contributed by atoms with Crippen LogP contribution in [-0.2, 0) is 16.1 Å². The van der Waals surface area contributed by atoms with Gasteiger partial charge in [-0.2, -0.15) is 0 Å². The van der Waals surface area contributed by atoms with Crippen LogP contribution >= 0.6 is 0 Å². The van der Waals surface area contributed by atoms with Gasteiger partial charge in [0.1, 0.15) is 0 Å². The number of amides is 2. The fourth-order valence-corrected chi connectivity index (χ4v) is 4.22. The van der Waals surface area contributed by atoms with E-state index in [2.05, 4.69) is 36.5 Å². The van der Waals surface area contributed by atoms with E-state index < -0.39 is 0 Å². The van der Waals surface area contributed by atoms with Crippen LogP contribution < -0.4 is 5.32 Å². The van der Waals surface area contributed by atoms with E-state index in [1.54, 1.807) is 0 Å². The number of nitrogens with one attached hydrogen (secondary N) is 1. The lowest BCUT2D eigenvalue weighted by molar-refractivity contribution is -0.136. The molecule has 4 rings (SSSR count). The fourth-order valence-electron chi connectivity index (χ4n) is 4.22. The van der Waals surface area contributed by atoms with Crippen LogP contribution in [0.4, 0.5) is 0 Å². The summed E-state index contributed by atoms with van der Waals surface area (Å²) in [4.78, 5) is 29.1. The summed E-state index contributed by atoms with van der Waals surface area (Å²) in [5.41, 5.74) is 2.35. The second-order valence-electron chi connectivity index (χ2n) is 8.61. The second kappa shape index (κ2) is 8.01. The Hall–Kier alpha value is -1.88. The summed E-state index contributed by atoms with van der Waals surface area (Å²) in [6, 6.07) is 8.83. The Morgan fingerprint density at radius 3 is 2.48 bits per heavy atom. The number of carbonyl (C=O) groups excluding carboxylic acids is 2. The van der Waals surface area contributed by atoms with Gasteiger partial charge in [0.2, 0.25) is 11.8 Å². The molecular weight excluding hydrogens is 338 g/mol. The maximum absolute atomic E-state index is 12.9. The molecule has 1 unspecified atom stereocenters. The van der Waals surface area contributed by atoms with Gasteiger partial charge in [-0.15, -0.1) is 0 Å². The summed E-state index contributed by atoms with van der Waals surface area (Å²) in [6.07, 6.45) is 5.18. The molecular formula is C22H31N3O2. The first-order valence-electron chi connectivity index (χ1n) is 10.4. The number of hydrogen-bond acceptors (Lipinski definition) is 3. The SMILES string of the molecule is Cc1ccc(CN2CC(C(=O)N3CCC(NCC4CC4)CC3)CC2=O)cc1. The van der Waals surface area contributed by atoms with Crippen LogP contribution in [0.2, 0.25) is 0 Å². The Labute approximate surface area is 162 Å². The number of piperidine rings is 1. The molecule has 2 heterocycles. The van der Waals surface area contributed by atoms with Crippen LogP contribution in [0.5, 0.6) is 0 Å². The van der Waals surface area contributed by atoms with Crippen molar-refractivity contribution in [2.24, 2.45) is 11.8 Å². The molecule has 0 radical (unpaired) electrons. The normalized spacial score (nSPS) is 23.9. The van der Waals surface area contributed by atoms with Crippen LogP contribution in [0.25, 0.3) is 0 Å². The Morgan fingerprint density at radius 2 is 1.81 bits per heavy atom. The molecule has 1 aliphatic carbocycles. The highest BCUT2D eigenvalue weighted by Gasteiger charge is 2.37. The van der Waals surface area contributed by atoms with E-state index in [0.29, 0.717) is 25.6 Å². The largest absolute Gasteiger partial charge is 0.342 e. The van der Waals surface area contributed by atoms with Crippen LogP contribution in [-0.4, -0.2) is 53.8 Å². The minimum atomic E-state index is -0.168. The van der Waals surface area contributed by atoms with Gasteiger partial charge >= 0.3 is 0 Å². The van der Waals surface area contributed by atoms with Crippen molar-refractivity contribution in [2.75, 3.05) is 26.2 Å². The minimum Gasteiger partial charge on any atom is -0.342 e. The van der Waals surface area contributed by atoms with E-state index in [1.807, 2.05) is 9.80 Å². The average molecular weight is 370 g/mol. The smallest absolute Gasteiger partial charge is 0.227 e. The van der Waals surface area contributed by atoms with Gasteiger partial charge in [-0.3, -0.25) is 9.59 Å². The summed E-state index contributed by atoms with van der Waals surface area (Å²) < 4.78 is 0. The molecule has 2 saturated heterocycles. The zero-order valence-corrected chi connectivity index (χ0v) is 16.3. The molecule has 27 heavy (non-hydrogen) atoms. The van der Waals surface area contributed by atoms with Crippen LogP contribution in [0.1, 0.15) is 43.2 Å². The summed E-state index contributed by atoms with van der Waals surface area (Å²) >= 11 is 0. The van der Waals surface area contributed by atoms with E-state index >= 15 is 0 Å². The maximum Gasteiger partial charge on any atom is 0.227 e. The van der Waals surface area contributed by atoms with Gasteiger partial charge in [-0.1, -0.05) is 29.8 Å². The number of rotatable bonds is 6. The Morgan fingerprint density at radius 1 is 1.11 bits per heavy atom. The third-order valence-electron chi connectivity index (χ3n) is 6.26. The lowest BCUT2D eigenvalue weighted by Gasteiger charge is -2.34. The van der Waals surface area contributed by atoms with E-state index in [9.17, 15) is 9.59 Å². The number of benzene rings is 1. The number of hydrogen-bond donors (Lipinski definition) is 1. The minimum absolute atomic E-state index is 0.106. The average Bonchev–Trinajstić information content (AvgIpc) is 3.44. The zero-order valence-electron chi connectivity index (χ0n) is 16.3. The Bertz CT molecular complexity index is 675. The highest BCUT2D eigenvalue weighted by molar-refractivity contribution is 5.89. The first-order valence-corrected chi connectivity index (χ1v) is 10.4. The molecule has 3 fully saturated rings. The molecule has 2 aliphatic heterocycles. The molecule has 3 aliphatic rings. The third kappa shape index (κ3) is 4.70. The van der Waals surface area contributed by atoms with Gasteiger partial charge in [0.15, 0.2) is 0 Å². The maximum atomic E-state index is 12.9. The molecule has 5 heteroatoms. The zero-order chi connectivity index (χ0) is 18.8. The van der Waals surface area contributed by atoms with Crippen molar-refractivity contribution in [1.29, 1.82) is 0 Å². The molecule has 0 aromatic heterocycles. The van der Waals surface area contributed by atoms with E-state index in [1.165, 1.54) is 18.4 Å². The molecule has 1 aromatic rings. The Kier molecular flexibility index (Phi) is 5.48. The fraction of sp³-hybridized carbons (Fsp3) is 0.636. The van der Waals surface area contributed by atoms with Crippen molar-refractivity contribution in [1.82, 2.24) is 15.1 Å². The third-order valence-corrected chi connectivity index (χ3v) is 6.26. The van der Waals surface area contributed by atoms with Gasteiger partial charge in [-0.25, -0.2) is 0 Å². The topological polar surface area (TPSA) is 52.7 Å². The molecule has 1 N–H and O–H groups in total. The number of nitrogens with zero attached hydrogens (tertiary/aromatic N) is 2. The van der Waals surface area contributed by atoms with Gasteiger partial charge in [0.25, 0.3) is 0 Å². The predicted molar refractivity (Wildman–Crippen MR) is 105 cm³/mol. The number of likely N-dealkylation sites (tertiary alicyclic amines) is 2. The number of aryl methyl sites for hydroxylation is 1. The highest BCUT2D eigenvalue weighted by Crippen LogP contribution is 2.28. The number of carbonyl (C=O) groups is 2. The monoisotopic (exact) mass is 369 g/mol. The van der Waals surface area contributed by atoms with Crippen molar-refractivity contribution < 1.29 is 9.59 Å². The molecule has 5 nitrogen and oxygen atoms in total. The second-order valence-corrected chi connectivity index (χ2v) is 8.61. The molecule has 1 atom stereocenters. The Balaban J connectivity index is 1.25. The van der Waals surface area contributed by atoms with Gasteiger partial charge in [0.05, 0.1) is 5.92 Å². The standard InChI is InChI=1S/C22H31N3O2/c1-16-2-4-18(5-3-16)14-25-15-19(12-21(25)26)22(27)24-10-8-20(9-11-24)23-13-17-6-7-17/h2-5,17,19-20,23H,6-15H2,1H3. The molecule has 0 spiro atoms. The molecule has 1 saturated carbocycles. The summed E-state index contributed by atoms with van der Waals surface area (Å²) in [5, 5.41) is 3.66. The van der Waals surface area contributed by atoms with Crippen molar-refractivity contribution in [2.45, 2.75) is 51.6 Å². The predicted octanol–water partition coefficient (Wildman–Crippen LogP) is 2.33. The van der Waals surface area contributed by atoms with Crippen molar-refractivity contribution >= 4 is 11.8 Å². The van der Waals surface area contributed by atoms with Gasteiger partial charge in [0, 0.05) is 38.6 Å². The van der Waals surface area contributed by atoms with Gasteiger partial charge < -0.3 is 15.1 Å².